The van der Waals surface area contributed by atoms with Crippen LogP contribution in [0.3, 0.4) is 0 Å². The van der Waals surface area contributed by atoms with Crippen molar-refractivity contribution in [1.82, 2.24) is 20.5 Å². The summed E-state index contributed by atoms with van der Waals surface area (Å²) in [5, 5.41) is 9.59. The van der Waals surface area contributed by atoms with Crippen LogP contribution in [-0.2, 0) is 6.42 Å². The van der Waals surface area contributed by atoms with Crippen molar-refractivity contribution in [2.75, 3.05) is 0 Å². The highest BCUT2D eigenvalue weighted by molar-refractivity contribution is 5.90. The highest BCUT2D eigenvalue weighted by atomic mass is 16.2. The minimum absolute atomic E-state index is 0.188. The molecule has 0 aromatic carbocycles. The molecule has 1 aliphatic rings. The van der Waals surface area contributed by atoms with Crippen LogP contribution in [0.15, 0.2) is 12.2 Å². The third kappa shape index (κ3) is 2.48. The molecule has 0 aliphatic heterocycles. The van der Waals surface area contributed by atoms with Crippen molar-refractivity contribution in [1.29, 1.82) is 0 Å². The molecule has 0 saturated heterocycles. The Hall–Kier alpha value is -1.65. The lowest BCUT2D eigenvalue weighted by atomic mass is 10.2. The number of amides is 1. The summed E-state index contributed by atoms with van der Waals surface area (Å²) < 4.78 is 0. The molecule has 1 aromatic heterocycles. The maximum atomic E-state index is 11.7. The monoisotopic (exact) mass is 220 g/mol. The largest absolute Gasteiger partial charge is 0.346 e. The first kappa shape index (κ1) is 10.9. The molecule has 1 amide bonds. The van der Waals surface area contributed by atoms with E-state index < -0.39 is 0 Å². The molecule has 1 heterocycles. The summed E-state index contributed by atoms with van der Waals surface area (Å²) in [5.74, 6) is 0.833. The van der Waals surface area contributed by atoms with Crippen LogP contribution < -0.4 is 5.32 Å². The SMILES string of the molecule is CCCc1nc(C(=O)NC2CC=CC2)n[nH]1. The second-order valence-corrected chi connectivity index (χ2v) is 3.97. The first-order valence-electron chi connectivity index (χ1n) is 5.66. The van der Waals surface area contributed by atoms with Crippen LogP contribution in [0.25, 0.3) is 0 Å². The summed E-state index contributed by atoms with van der Waals surface area (Å²) >= 11 is 0. The number of carbonyl (C=O) groups excluding carboxylic acids is 1. The van der Waals surface area contributed by atoms with Crippen molar-refractivity contribution in [3.63, 3.8) is 0 Å². The minimum Gasteiger partial charge on any atom is -0.346 e. The fraction of sp³-hybridized carbons (Fsp3) is 0.545. The first-order valence-corrected chi connectivity index (χ1v) is 5.66. The zero-order valence-corrected chi connectivity index (χ0v) is 9.36. The molecule has 0 radical (unpaired) electrons. The Balaban J connectivity index is 1.92. The van der Waals surface area contributed by atoms with E-state index in [4.69, 9.17) is 0 Å². The van der Waals surface area contributed by atoms with Crippen molar-refractivity contribution >= 4 is 5.91 Å². The smallest absolute Gasteiger partial charge is 0.291 e. The lowest BCUT2D eigenvalue weighted by Gasteiger charge is -2.09. The second-order valence-electron chi connectivity index (χ2n) is 3.97. The number of rotatable bonds is 4. The summed E-state index contributed by atoms with van der Waals surface area (Å²) in [6.07, 6.45) is 7.76. The molecular weight excluding hydrogens is 204 g/mol. The van der Waals surface area contributed by atoms with Gasteiger partial charge < -0.3 is 5.32 Å². The molecule has 0 unspecified atom stereocenters. The van der Waals surface area contributed by atoms with Gasteiger partial charge in [0.2, 0.25) is 5.82 Å². The summed E-state index contributed by atoms with van der Waals surface area (Å²) in [5.41, 5.74) is 0. The van der Waals surface area contributed by atoms with E-state index >= 15 is 0 Å². The van der Waals surface area contributed by atoms with Gasteiger partial charge in [-0.05, 0) is 19.3 Å². The average Bonchev–Trinajstić information content (AvgIpc) is 2.89. The maximum absolute atomic E-state index is 11.7. The molecule has 0 atom stereocenters. The first-order chi connectivity index (χ1) is 7.79. The van der Waals surface area contributed by atoms with E-state index in [1.165, 1.54) is 0 Å². The maximum Gasteiger partial charge on any atom is 0.291 e. The lowest BCUT2D eigenvalue weighted by molar-refractivity contribution is 0.0929. The molecule has 5 nitrogen and oxygen atoms in total. The molecule has 86 valence electrons. The van der Waals surface area contributed by atoms with Gasteiger partial charge in [0.15, 0.2) is 0 Å². The van der Waals surface area contributed by atoms with Crippen LogP contribution in [0.5, 0.6) is 0 Å². The molecule has 0 spiro atoms. The Morgan fingerprint density at radius 2 is 2.31 bits per heavy atom. The molecule has 0 bridgehead atoms. The Bertz CT molecular complexity index is 388. The third-order valence-electron chi connectivity index (χ3n) is 2.56. The standard InChI is InChI=1S/C11H16N4O/c1-2-5-9-13-10(15-14-9)11(16)12-8-6-3-4-7-8/h3-4,8H,2,5-7H2,1H3,(H,12,16)(H,13,14,15). The van der Waals surface area contributed by atoms with Gasteiger partial charge in [-0.2, -0.15) is 0 Å². The number of carbonyl (C=O) groups is 1. The average molecular weight is 220 g/mol. The number of nitrogens with zero attached hydrogens (tertiary/aromatic N) is 2. The predicted molar refractivity (Wildman–Crippen MR) is 60.0 cm³/mol. The van der Waals surface area contributed by atoms with Crippen molar-refractivity contribution < 1.29 is 4.79 Å². The van der Waals surface area contributed by atoms with E-state index in [-0.39, 0.29) is 17.8 Å². The van der Waals surface area contributed by atoms with Gasteiger partial charge in [0.1, 0.15) is 5.82 Å². The number of hydrogen-bond donors (Lipinski definition) is 2. The quantitative estimate of drug-likeness (QED) is 0.749. The van der Waals surface area contributed by atoms with E-state index in [0.717, 1.165) is 31.5 Å². The Morgan fingerprint density at radius 3 is 3.00 bits per heavy atom. The summed E-state index contributed by atoms with van der Waals surface area (Å²) in [6, 6.07) is 0.209. The molecule has 0 saturated carbocycles. The van der Waals surface area contributed by atoms with Crippen molar-refractivity contribution in [2.45, 2.75) is 38.6 Å². The molecule has 5 heteroatoms. The lowest BCUT2D eigenvalue weighted by Crippen LogP contribution is -2.33. The van der Waals surface area contributed by atoms with E-state index in [9.17, 15) is 4.79 Å². The normalized spacial score (nSPS) is 15.6. The van der Waals surface area contributed by atoms with E-state index in [1.54, 1.807) is 0 Å². The number of H-pyrrole nitrogens is 1. The van der Waals surface area contributed by atoms with Crippen molar-refractivity contribution in [2.24, 2.45) is 0 Å². The highest BCUT2D eigenvalue weighted by Crippen LogP contribution is 2.09. The van der Waals surface area contributed by atoms with Gasteiger partial charge in [-0.15, -0.1) is 5.10 Å². The molecule has 2 N–H and O–H groups in total. The zero-order chi connectivity index (χ0) is 11.4. The Labute approximate surface area is 94.3 Å². The minimum atomic E-state index is -0.188. The zero-order valence-electron chi connectivity index (χ0n) is 9.36. The molecule has 1 aromatic rings. The van der Waals surface area contributed by atoms with Gasteiger partial charge in [-0.25, -0.2) is 4.98 Å². The van der Waals surface area contributed by atoms with Crippen molar-refractivity contribution in [3.8, 4) is 0 Å². The highest BCUT2D eigenvalue weighted by Gasteiger charge is 2.17. The van der Waals surface area contributed by atoms with Crippen LogP contribution >= 0.6 is 0 Å². The van der Waals surface area contributed by atoms with E-state index in [0.29, 0.717) is 0 Å². The van der Waals surface area contributed by atoms with E-state index in [1.807, 2.05) is 0 Å². The molecule has 16 heavy (non-hydrogen) atoms. The van der Waals surface area contributed by atoms with Gasteiger partial charge in [0, 0.05) is 12.5 Å². The van der Waals surface area contributed by atoms with Gasteiger partial charge >= 0.3 is 0 Å². The van der Waals surface area contributed by atoms with Gasteiger partial charge in [0.25, 0.3) is 5.91 Å². The van der Waals surface area contributed by atoms with Gasteiger partial charge in [0.05, 0.1) is 0 Å². The van der Waals surface area contributed by atoms with Crippen LogP contribution in [0.1, 0.15) is 42.6 Å². The number of hydrogen-bond acceptors (Lipinski definition) is 3. The molecule has 0 fully saturated rings. The second kappa shape index (κ2) is 4.92. The van der Waals surface area contributed by atoms with E-state index in [2.05, 4.69) is 39.6 Å². The fourth-order valence-electron chi connectivity index (χ4n) is 1.73. The molecule has 1 aliphatic carbocycles. The summed E-state index contributed by atoms with van der Waals surface area (Å²) in [4.78, 5) is 15.9. The molecule has 2 rings (SSSR count). The van der Waals surface area contributed by atoms with Crippen LogP contribution in [-0.4, -0.2) is 27.1 Å². The predicted octanol–water partition coefficient (Wildman–Crippen LogP) is 1.21. The summed E-state index contributed by atoms with van der Waals surface area (Å²) in [7, 11) is 0. The topological polar surface area (TPSA) is 70.7 Å². The third-order valence-corrected chi connectivity index (χ3v) is 2.56. The van der Waals surface area contributed by atoms with Gasteiger partial charge in [-0.3, -0.25) is 9.89 Å². The number of aromatic amines is 1. The van der Waals surface area contributed by atoms with Crippen LogP contribution in [0, 0.1) is 0 Å². The Kier molecular flexibility index (Phi) is 3.34. The molecular formula is C11H16N4O. The van der Waals surface area contributed by atoms with Crippen LogP contribution in [0.4, 0.5) is 0 Å². The van der Waals surface area contributed by atoms with Gasteiger partial charge in [-0.1, -0.05) is 19.1 Å². The number of aromatic nitrogens is 3. The van der Waals surface area contributed by atoms with Crippen molar-refractivity contribution in [3.05, 3.63) is 23.8 Å². The number of aryl methyl sites for hydroxylation is 1. The fourth-order valence-corrected chi connectivity index (χ4v) is 1.73. The Morgan fingerprint density at radius 1 is 1.56 bits per heavy atom. The summed E-state index contributed by atoms with van der Waals surface area (Å²) in [6.45, 7) is 2.06. The number of nitrogens with one attached hydrogen (secondary N) is 2. The van der Waals surface area contributed by atoms with Crippen LogP contribution in [0.2, 0.25) is 0 Å².